The van der Waals surface area contributed by atoms with Gasteiger partial charge in [0.15, 0.2) is 6.73 Å². The van der Waals surface area contributed by atoms with Crippen molar-refractivity contribution in [3.05, 3.63) is 42.1 Å². The van der Waals surface area contributed by atoms with Gasteiger partial charge in [0.2, 0.25) is 5.91 Å². The number of likely N-dealkylation sites (N-methyl/N-ethyl adjacent to an activating group) is 1. The van der Waals surface area contributed by atoms with E-state index in [9.17, 15) is 9.59 Å². The molecule has 0 spiro atoms. The molecule has 2 aromatic rings. The molecule has 2 N–H and O–H groups in total. The number of aromatic nitrogens is 2. The van der Waals surface area contributed by atoms with Crippen LogP contribution in [0.25, 0.3) is 10.9 Å². The number of ether oxygens (including phenoxy) is 1. The van der Waals surface area contributed by atoms with Crippen LogP contribution in [0.1, 0.15) is 24.0 Å². The second-order valence-electron chi connectivity index (χ2n) is 10.2. The van der Waals surface area contributed by atoms with E-state index in [1.54, 1.807) is 17.0 Å². The van der Waals surface area contributed by atoms with Gasteiger partial charge in [-0.05, 0) is 70.6 Å². The fraction of sp³-hybridized carbons (Fsp3) is 0.593. The molecule has 2 fully saturated rings. The predicted octanol–water partition coefficient (Wildman–Crippen LogP) is 1.58. The Labute approximate surface area is 219 Å². The molecule has 202 valence electrons. The number of nitrogens with one attached hydrogen (secondary N) is 2. The first-order chi connectivity index (χ1) is 17.9. The number of rotatable bonds is 9. The number of nitrogens with zero attached hydrogens (tertiary/aromatic N) is 5. The van der Waals surface area contributed by atoms with Gasteiger partial charge in [-0.25, -0.2) is 9.48 Å². The third-order valence-corrected chi connectivity index (χ3v) is 7.61. The molecule has 2 amide bonds. The third-order valence-electron chi connectivity index (χ3n) is 7.61. The molecule has 1 aromatic heterocycles. The molecule has 10 nitrogen and oxygen atoms in total. The maximum absolute atomic E-state index is 13.4. The molecule has 37 heavy (non-hydrogen) atoms. The lowest BCUT2D eigenvalue weighted by Crippen LogP contribution is -2.57. The molecule has 1 unspecified atom stereocenters. The number of aryl methyl sites for hydroxylation is 1. The SMILES string of the molecule is C=CCNC(=O)OCn1ncc2cc(CC(NC)C(=O)N3CCN(C4CCN(C)CC4)CC3)cc(C)c21. The van der Waals surface area contributed by atoms with Crippen LogP contribution in [0.3, 0.4) is 0 Å². The number of hydrogen-bond donors (Lipinski definition) is 2. The molecule has 2 aliphatic rings. The van der Waals surface area contributed by atoms with Crippen molar-refractivity contribution in [2.24, 2.45) is 0 Å². The molecular weight excluding hydrogens is 470 g/mol. The molecule has 0 bridgehead atoms. The van der Waals surface area contributed by atoms with Crippen molar-refractivity contribution in [1.82, 2.24) is 35.1 Å². The molecule has 10 heteroatoms. The number of benzene rings is 1. The van der Waals surface area contributed by atoms with E-state index in [1.165, 1.54) is 12.8 Å². The van der Waals surface area contributed by atoms with Gasteiger partial charge in [-0.2, -0.15) is 5.10 Å². The van der Waals surface area contributed by atoms with Gasteiger partial charge in [0.25, 0.3) is 0 Å². The number of fused-ring (bicyclic) bond motifs is 1. The Morgan fingerprint density at radius 2 is 1.92 bits per heavy atom. The van der Waals surface area contributed by atoms with Crippen LogP contribution in [0.5, 0.6) is 0 Å². The number of carbonyl (C=O) groups excluding carboxylic acids is 2. The summed E-state index contributed by atoms with van der Waals surface area (Å²) in [6.07, 6.45) is 5.89. The van der Waals surface area contributed by atoms with E-state index in [4.69, 9.17) is 4.74 Å². The first-order valence-electron chi connectivity index (χ1n) is 13.2. The Bertz CT molecular complexity index is 1090. The molecule has 2 saturated heterocycles. The van der Waals surface area contributed by atoms with E-state index in [1.807, 2.05) is 18.9 Å². The molecular formula is C27H41N7O3. The van der Waals surface area contributed by atoms with Crippen molar-refractivity contribution < 1.29 is 14.3 Å². The van der Waals surface area contributed by atoms with Crippen molar-refractivity contribution in [3.8, 4) is 0 Å². The first-order valence-corrected chi connectivity index (χ1v) is 13.2. The lowest BCUT2D eigenvalue weighted by molar-refractivity contribution is -0.135. The molecule has 3 heterocycles. The highest BCUT2D eigenvalue weighted by molar-refractivity contribution is 5.84. The van der Waals surface area contributed by atoms with Crippen molar-refractivity contribution in [2.75, 3.05) is 59.9 Å². The maximum Gasteiger partial charge on any atom is 0.409 e. The average molecular weight is 512 g/mol. The fourth-order valence-corrected chi connectivity index (χ4v) is 5.50. The molecule has 0 aliphatic carbocycles. The number of piperazine rings is 1. The van der Waals surface area contributed by atoms with Crippen LogP contribution in [-0.2, 0) is 22.7 Å². The average Bonchev–Trinajstić information content (AvgIpc) is 3.33. The summed E-state index contributed by atoms with van der Waals surface area (Å²) in [6.45, 7) is 11.8. The summed E-state index contributed by atoms with van der Waals surface area (Å²) < 4.78 is 6.92. The smallest absolute Gasteiger partial charge is 0.409 e. The zero-order valence-corrected chi connectivity index (χ0v) is 22.4. The van der Waals surface area contributed by atoms with Crippen LogP contribution in [0.15, 0.2) is 31.0 Å². The number of carbonyl (C=O) groups is 2. The van der Waals surface area contributed by atoms with Crippen LogP contribution in [0.4, 0.5) is 4.79 Å². The summed E-state index contributed by atoms with van der Waals surface area (Å²) in [4.78, 5) is 32.2. The van der Waals surface area contributed by atoms with Crippen LogP contribution < -0.4 is 10.6 Å². The van der Waals surface area contributed by atoms with Crippen molar-refractivity contribution in [2.45, 2.75) is 45.0 Å². The van der Waals surface area contributed by atoms with Crippen LogP contribution in [-0.4, -0.2) is 108 Å². The largest absolute Gasteiger partial charge is 0.426 e. The summed E-state index contributed by atoms with van der Waals surface area (Å²) in [5, 5.41) is 11.2. The van der Waals surface area contributed by atoms with E-state index < -0.39 is 6.09 Å². The standard InChI is InChI=1S/C27H41N7O3/c1-5-8-29-27(36)37-19-34-25-20(2)15-21(16-22(25)18-30-34)17-24(28-3)26(35)33-13-11-32(12-14-33)23-6-9-31(4)10-7-23/h5,15-16,18,23-24,28H,1,6-14,17,19H2,2-4H3,(H,29,36). The molecule has 1 aromatic carbocycles. The lowest BCUT2D eigenvalue weighted by atomic mass is 10.00. The third kappa shape index (κ3) is 6.68. The summed E-state index contributed by atoms with van der Waals surface area (Å²) >= 11 is 0. The van der Waals surface area contributed by atoms with Crippen LogP contribution in [0.2, 0.25) is 0 Å². The van der Waals surface area contributed by atoms with Gasteiger partial charge in [-0.15, -0.1) is 6.58 Å². The first kappa shape index (κ1) is 27.1. The zero-order valence-electron chi connectivity index (χ0n) is 22.4. The summed E-state index contributed by atoms with van der Waals surface area (Å²) in [6, 6.07) is 4.53. The number of hydrogen-bond acceptors (Lipinski definition) is 7. The van der Waals surface area contributed by atoms with Crippen LogP contribution in [0, 0.1) is 6.92 Å². The molecule has 0 saturated carbocycles. The summed E-state index contributed by atoms with van der Waals surface area (Å²) in [5.41, 5.74) is 3.01. The number of alkyl carbamates (subject to hydrolysis) is 1. The van der Waals surface area contributed by atoms with Crippen molar-refractivity contribution >= 4 is 22.9 Å². The lowest BCUT2D eigenvalue weighted by Gasteiger charge is -2.42. The molecule has 0 radical (unpaired) electrons. The minimum atomic E-state index is -0.514. The highest BCUT2D eigenvalue weighted by Crippen LogP contribution is 2.23. The Hall–Kier alpha value is -2.95. The number of likely N-dealkylation sites (tertiary alicyclic amines) is 1. The van der Waals surface area contributed by atoms with Crippen LogP contribution >= 0.6 is 0 Å². The van der Waals surface area contributed by atoms with E-state index in [0.29, 0.717) is 19.0 Å². The predicted molar refractivity (Wildman–Crippen MR) is 144 cm³/mol. The summed E-state index contributed by atoms with van der Waals surface area (Å²) in [7, 11) is 4.05. The number of amides is 2. The van der Waals surface area contributed by atoms with Gasteiger partial charge in [-0.1, -0.05) is 12.1 Å². The quantitative estimate of drug-likeness (QED) is 0.494. The van der Waals surface area contributed by atoms with Crippen molar-refractivity contribution in [1.29, 1.82) is 0 Å². The number of piperidine rings is 1. The Kier molecular flexibility index (Phi) is 9.18. The van der Waals surface area contributed by atoms with Gasteiger partial charge < -0.3 is 25.2 Å². The van der Waals surface area contributed by atoms with Gasteiger partial charge in [0.05, 0.1) is 17.8 Å². The monoisotopic (exact) mass is 511 g/mol. The molecule has 4 rings (SSSR count). The normalized spacial score (nSPS) is 18.6. The minimum Gasteiger partial charge on any atom is -0.426 e. The van der Waals surface area contributed by atoms with Crippen molar-refractivity contribution in [3.63, 3.8) is 0 Å². The van der Waals surface area contributed by atoms with E-state index in [0.717, 1.165) is 61.3 Å². The van der Waals surface area contributed by atoms with Gasteiger partial charge >= 0.3 is 6.09 Å². The van der Waals surface area contributed by atoms with Gasteiger partial charge in [0, 0.05) is 44.2 Å². The Morgan fingerprint density at radius 3 is 2.59 bits per heavy atom. The Morgan fingerprint density at radius 1 is 1.19 bits per heavy atom. The zero-order chi connectivity index (χ0) is 26.4. The van der Waals surface area contributed by atoms with Gasteiger partial charge in [-0.3, -0.25) is 9.69 Å². The highest BCUT2D eigenvalue weighted by atomic mass is 16.6. The minimum absolute atomic E-state index is 0.0217. The Balaban J connectivity index is 1.35. The second-order valence-corrected chi connectivity index (χ2v) is 10.2. The van der Waals surface area contributed by atoms with E-state index in [-0.39, 0.29) is 18.7 Å². The maximum atomic E-state index is 13.4. The highest BCUT2D eigenvalue weighted by Gasteiger charge is 2.30. The summed E-state index contributed by atoms with van der Waals surface area (Å²) in [5.74, 6) is 0.165. The topological polar surface area (TPSA) is 95.0 Å². The molecule has 2 aliphatic heterocycles. The van der Waals surface area contributed by atoms with E-state index >= 15 is 0 Å². The van der Waals surface area contributed by atoms with Gasteiger partial charge in [0.1, 0.15) is 0 Å². The fourth-order valence-electron chi connectivity index (χ4n) is 5.50. The second kappa shape index (κ2) is 12.5. The van der Waals surface area contributed by atoms with E-state index in [2.05, 4.69) is 51.3 Å². The molecule has 1 atom stereocenters.